The molecule has 17 heavy (non-hydrogen) atoms. The van der Waals surface area contributed by atoms with Crippen molar-refractivity contribution >= 4 is 17.8 Å². The van der Waals surface area contributed by atoms with Gasteiger partial charge in [0, 0.05) is 6.92 Å². The molecule has 0 saturated heterocycles. The van der Waals surface area contributed by atoms with Crippen molar-refractivity contribution in [3.8, 4) is 0 Å². The van der Waals surface area contributed by atoms with Crippen LogP contribution in [0.5, 0.6) is 0 Å². The van der Waals surface area contributed by atoms with Gasteiger partial charge in [-0.05, 0) is 20.3 Å². The Labute approximate surface area is 100 Å². The standard InChI is InChI=1S/C11H18N2O4/c1-7(2)4-5-9(11(12)16)13-10(15)6-17-8(3)14/h4,9H,5-6H2,1-3H3,(H2,12,16)(H,13,15)/t9-/m1/s1. The van der Waals surface area contributed by atoms with Crippen LogP contribution in [0.4, 0.5) is 0 Å². The van der Waals surface area contributed by atoms with E-state index in [0.717, 1.165) is 5.57 Å². The summed E-state index contributed by atoms with van der Waals surface area (Å²) >= 11 is 0. The number of amides is 2. The van der Waals surface area contributed by atoms with E-state index in [1.807, 2.05) is 13.8 Å². The Balaban J connectivity index is 4.25. The third-order valence-corrected chi connectivity index (χ3v) is 1.85. The summed E-state index contributed by atoms with van der Waals surface area (Å²) in [6.07, 6.45) is 2.12. The highest BCUT2D eigenvalue weighted by Gasteiger charge is 2.17. The van der Waals surface area contributed by atoms with Crippen molar-refractivity contribution in [2.45, 2.75) is 33.2 Å². The van der Waals surface area contributed by atoms with Crippen molar-refractivity contribution in [1.82, 2.24) is 5.32 Å². The Morgan fingerprint density at radius 3 is 2.29 bits per heavy atom. The number of allylic oxidation sites excluding steroid dienone is 1. The predicted molar refractivity (Wildman–Crippen MR) is 61.8 cm³/mol. The van der Waals surface area contributed by atoms with Gasteiger partial charge in [0.15, 0.2) is 6.61 Å². The first kappa shape index (κ1) is 15.2. The maximum Gasteiger partial charge on any atom is 0.303 e. The molecule has 0 heterocycles. The van der Waals surface area contributed by atoms with Gasteiger partial charge in [-0.2, -0.15) is 0 Å². The number of hydrogen-bond donors (Lipinski definition) is 2. The highest BCUT2D eigenvalue weighted by Crippen LogP contribution is 1.98. The van der Waals surface area contributed by atoms with Gasteiger partial charge in [0.2, 0.25) is 5.91 Å². The van der Waals surface area contributed by atoms with Gasteiger partial charge in [0.1, 0.15) is 6.04 Å². The minimum atomic E-state index is -0.784. The molecule has 6 heteroatoms. The summed E-state index contributed by atoms with van der Waals surface area (Å²) in [5, 5.41) is 2.39. The number of carbonyl (C=O) groups excluding carboxylic acids is 3. The molecule has 0 radical (unpaired) electrons. The zero-order valence-electron chi connectivity index (χ0n) is 10.3. The topological polar surface area (TPSA) is 98.5 Å². The zero-order valence-corrected chi connectivity index (χ0v) is 10.3. The highest BCUT2D eigenvalue weighted by atomic mass is 16.5. The summed E-state index contributed by atoms with van der Waals surface area (Å²) in [6, 6.07) is -0.784. The SMILES string of the molecule is CC(=O)OCC(=O)N[C@H](CC=C(C)C)C(N)=O. The van der Waals surface area contributed by atoms with E-state index in [0.29, 0.717) is 6.42 Å². The van der Waals surface area contributed by atoms with Crippen LogP contribution in [0.2, 0.25) is 0 Å². The minimum Gasteiger partial charge on any atom is -0.456 e. The minimum absolute atomic E-state index is 0.323. The van der Waals surface area contributed by atoms with Crippen molar-refractivity contribution in [3.63, 3.8) is 0 Å². The van der Waals surface area contributed by atoms with E-state index in [2.05, 4.69) is 10.1 Å². The predicted octanol–water partition coefficient (Wildman–Crippen LogP) is -0.124. The molecule has 0 aliphatic carbocycles. The molecule has 0 unspecified atom stereocenters. The molecular formula is C11H18N2O4. The number of rotatable bonds is 6. The van der Waals surface area contributed by atoms with Crippen LogP contribution in [0, 0.1) is 0 Å². The molecule has 3 N–H and O–H groups in total. The second-order valence-electron chi connectivity index (χ2n) is 3.82. The molecule has 96 valence electrons. The lowest BCUT2D eigenvalue weighted by Crippen LogP contribution is -2.45. The van der Waals surface area contributed by atoms with Gasteiger partial charge in [-0.15, -0.1) is 0 Å². The molecule has 6 nitrogen and oxygen atoms in total. The van der Waals surface area contributed by atoms with Crippen LogP contribution in [0.3, 0.4) is 0 Å². The quantitative estimate of drug-likeness (QED) is 0.501. The highest BCUT2D eigenvalue weighted by molar-refractivity contribution is 5.87. The van der Waals surface area contributed by atoms with Crippen molar-refractivity contribution in [2.24, 2.45) is 5.73 Å². The zero-order chi connectivity index (χ0) is 13.4. The van der Waals surface area contributed by atoms with Gasteiger partial charge in [-0.25, -0.2) is 0 Å². The van der Waals surface area contributed by atoms with Gasteiger partial charge in [-0.3, -0.25) is 14.4 Å². The van der Waals surface area contributed by atoms with Crippen LogP contribution >= 0.6 is 0 Å². The van der Waals surface area contributed by atoms with Crippen molar-refractivity contribution < 1.29 is 19.1 Å². The largest absolute Gasteiger partial charge is 0.456 e. The summed E-state index contributed by atoms with van der Waals surface area (Å²) in [5.74, 6) is -1.73. The lowest BCUT2D eigenvalue weighted by atomic mass is 10.1. The van der Waals surface area contributed by atoms with E-state index in [4.69, 9.17) is 5.73 Å². The molecule has 0 bridgehead atoms. The van der Waals surface area contributed by atoms with E-state index < -0.39 is 30.4 Å². The number of ether oxygens (including phenoxy) is 1. The monoisotopic (exact) mass is 242 g/mol. The van der Waals surface area contributed by atoms with Gasteiger partial charge in [0.05, 0.1) is 0 Å². The Bertz CT molecular complexity index is 332. The Morgan fingerprint density at radius 1 is 1.29 bits per heavy atom. The number of carbonyl (C=O) groups is 3. The van der Waals surface area contributed by atoms with E-state index in [1.54, 1.807) is 6.08 Å². The molecule has 0 aromatic carbocycles. The van der Waals surface area contributed by atoms with E-state index in [1.165, 1.54) is 6.92 Å². The van der Waals surface area contributed by atoms with Crippen LogP contribution in [-0.4, -0.2) is 30.4 Å². The molecule has 0 aliphatic rings. The summed E-state index contributed by atoms with van der Waals surface area (Å²) in [4.78, 5) is 32.8. The molecule has 2 amide bonds. The lowest BCUT2D eigenvalue weighted by molar-refractivity contribution is -0.146. The summed E-state index contributed by atoms with van der Waals surface area (Å²) in [7, 11) is 0. The van der Waals surface area contributed by atoms with Crippen LogP contribution in [0.25, 0.3) is 0 Å². The number of nitrogens with two attached hydrogens (primary N) is 1. The number of hydrogen-bond acceptors (Lipinski definition) is 4. The first-order valence-corrected chi connectivity index (χ1v) is 5.18. The van der Waals surface area contributed by atoms with E-state index in [-0.39, 0.29) is 0 Å². The van der Waals surface area contributed by atoms with Crippen LogP contribution in [0.15, 0.2) is 11.6 Å². The Morgan fingerprint density at radius 2 is 1.88 bits per heavy atom. The van der Waals surface area contributed by atoms with Crippen LogP contribution in [-0.2, 0) is 19.1 Å². The second kappa shape index (κ2) is 7.43. The third-order valence-electron chi connectivity index (χ3n) is 1.85. The number of nitrogens with one attached hydrogen (secondary N) is 1. The van der Waals surface area contributed by atoms with Crippen LogP contribution in [0.1, 0.15) is 27.2 Å². The number of esters is 1. The molecule has 0 spiro atoms. The fourth-order valence-electron chi connectivity index (χ4n) is 1.00. The molecule has 0 rings (SSSR count). The fourth-order valence-corrected chi connectivity index (χ4v) is 1.00. The third kappa shape index (κ3) is 8.01. The second-order valence-corrected chi connectivity index (χ2v) is 3.82. The average molecular weight is 242 g/mol. The Kier molecular flexibility index (Phi) is 6.62. The molecule has 0 aromatic rings. The van der Waals surface area contributed by atoms with Gasteiger partial charge in [0.25, 0.3) is 5.91 Å². The molecular weight excluding hydrogens is 224 g/mol. The average Bonchev–Trinajstić information content (AvgIpc) is 2.20. The number of primary amides is 1. The molecule has 1 atom stereocenters. The molecule has 0 aromatic heterocycles. The van der Waals surface area contributed by atoms with Crippen molar-refractivity contribution in [3.05, 3.63) is 11.6 Å². The lowest BCUT2D eigenvalue weighted by Gasteiger charge is -2.13. The first-order valence-electron chi connectivity index (χ1n) is 5.18. The van der Waals surface area contributed by atoms with Crippen molar-refractivity contribution in [2.75, 3.05) is 6.61 Å². The molecule has 0 aliphatic heterocycles. The smallest absolute Gasteiger partial charge is 0.303 e. The molecule has 0 fully saturated rings. The fraction of sp³-hybridized carbons (Fsp3) is 0.545. The summed E-state index contributed by atoms with van der Waals surface area (Å²) < 4.78 is 4.49. The van der Waals surface area contributed by atoms with E-state index >= 15 is 0 Å². The normalized spacial score (nSPS) is 11.2. The van der Waals surface area contributed by atoms with Crippen LogP contribution < -0.4 is 11.1 Å². The maximum absolute atomic E-state index is 11.3. The van der Waals surface area contributed by atoms with Crippen molar-refractivity contribution in [1.29, 1.82) is 0 Å². The maximum atomic E-state index is 11.3. The molecule has 0 saturated carbocycles. The summed E-state index contributed by atoms with van der Waals surface area (Å²) in [5.41, 5.74) is 6.16. The summed E-state index contributed by atoms with van der Waals surface area (Å²) in [6.45, 7) is 4.54. The Hall–Kier alpha value is -1.85. The first-order chi connectivity index (χ1) is 7.82. The van der Waals surface area contributed by atoms with Gasteiger partial charge < -0.3 is 15.8 Å². The van der Waals surface area contributed by atoms with Gasteiger partial charge >= 0.3 is 5.97 Å². The van der Waals surface area contributed by atoms with Gasteiger partial charge in [-0.1, -0.05) is 11.6 Å². The van der Waals surface area contributed by atoms with E-state index in [9.17, 15) is 14.4 Å².